The van der Waals surface area contributed by atoms with Gasteiger partial charge in [-0.3, -0.25) is 9.59 Å². The van der Waals surface area contributed by atoms with E-state index in [0.717, 1.165) is 22.6 Å². The number of carbonyl (C=O) groups is 3. The molecule has 0 aliphatic heterocycles. The van der Waals surface area contributed by atoms with Crippen molar-refractivity contribution >= 4 is 45.9 Å². The Morgan fingerprint density at radius 3 is 2.47 bits per heavy atom. The maximum absolute atomic E-state index is 12.9. The van der Waals surface area contributed by atoms with Gasteiger partial charge in [0, 0.05) is 20.6 Å². The van der Waals surface area contributed by atoms with E-state index in [1.807, 2.05) is 50.5 Å². The highest BCUT2D eigenvalue weighted by atomic mass is 32.2. The van der Waals surface area contributed by atoms with Gasteiger partial charge in [-0.25, -0.2) is 4.79 Å². The zero-order valence-corrected chi connectivity index (χ0v) is 24.5. The van der Waals surface area contributed by atoms with Crippen molar-refractivity contribution in [2.75, 3.05) is 32.3 Å². The second kappa shape index (κ2) is 12.4. The molecule has 2 heterocycles. The number of nitrogens with zero attached hydrogens (tertiary/aromatic N) is 4. The van der Waals surface area contributed by atoms with Crippen molar-refractivity contribution in [2.24, 2.45) is 0 Å². The van der Waals surface area contributed by atoms with E-state index in [1.165, 1.54) is 29.3 Å². The quantitative estimate of drug-likeness (QED) is 0.282. The number of carbonyl (C=O) groups excluding carboxylic acids is 3. The predicted octanol–water partition coefficient (Wildman–Crippen LogP) is 4.64. The first-order chi connectivity index (χ1) is 18.0. The molecule has 2 aromatic heterocycles. The summed E-state index contributed by atoms with van der Waals surface area (Å²) in [6.45, 7) is 10.2. The van der Waals surface area contributed by atoms with E-state index in [4.69, 9.17) is 9.47 Å². The SMILES string of the molecule is CCn1c(SCC(=O)Nc2sc(C(=O)N(C)C)c(C)c2C(=O)OC)nnc1C(C)Oc1ccc(C)c(C)c1. The third kappa shape index (κ3) is 6.36. The minimum atomic E-state index is -0.618. The van der Waals surface area contributed by atoms with Crippen LogP contribution in [0.1, 0.15) is 62.5 Å². The lowest BCUT2D eigenvalue weighted by Crippen LogP contribution is -2.21. The number of thiophene rings is 1. The number of anilines is 1. The van der Waals surface area contributed by atoms with Gasteiger partial charge in [-0.05, 0) is 63.4 Å². The lowest BCUT2D eigenvalue weighted by atomic mass is 10.1. The third-order valence-corrected chi connectivity index (χ3v) is 8.10. The van der Waals surface area contributed by atoms with Crippen LogP contribution in [0.25, 0.3) is 0 Å². The van der Waals surface area contributed by atoms with Crippen LogP contribution < -0.4 is 10.1 Å². The summed E-state index contributed by atoms with van der Waals surface area (Å²) in [6, 6.07) is 5.94. The molecule has 1 N–H and O–H groups in total. The van der Waals surface area contributed by atoms with Crippen molar-refractivity contribution < 1.29 is 23.9 Å². The van der Waals surface area contributed by atoms with Crippen LogP contribution in [-0.2, 0) is 16.1 Å². The first-order valence-corrected chi connectivity index (χ1v) is 13.8. The lowest BCUT2D eigenvalue weighted by Gasteiger charge is -2.16. The van der Waals surface area contributed by atoms with Gasteiger partial charge >= 0.3 is 5.97 Å². The number of esters is 1. The number of hydrogen-bond donors (Lipinski definition) is 1. The monoisotopic (exact) mass is 559 g/mol. The fourth-order valence-electron chi connectivity index (χ4n) is 3.70. The zero-order valence-electron chi connectivity index (χ0n) is 22.9. The van der Waals surface area contributed by atoms with Gasteiger partial charge in [-0.1, -0.05) is 17.8 Å². The number of benzene rings is 1. The molecule has 3 aromatic rings. The van der Waals surface area contributed by atoms with Crippen molar-refractivity contribution in [2.45, 2.75) is 52.4 Å². The molecule has 0 aliphatic rings. The highest BCUT2D eigenvalue weighted by molar-refractivity contribution is 7.99. The molecular weight excluding hydrogens is 526 g/mol. The summed E-state index contributed by atoms with van der Waals surface area (Å²) in [4.78, 5) is 39.6. The highest BCUT2D eigenvalue weighted by Crippen LogP contribution is 2.34. The molecule has 0 radical (unpaired) electrons. The molecule has 0 aliphatic carbocycles. The second-order valence-corrected chi connectivity index (χ2v) is 10.8. The van der Waals surface area contributed by atoms with Crippen LogP contribution >= 0.6 is 23.1 Å². The Hall–Kier alpha value is -3.38. The number of ether oxygens (including phenoxy) is 2. The van der Waals surface area contributed by atoms with Gasteiger partial charge in [0.25, 0.3) is 5.91 Å². The predicted molar refractivity (Wildman–Crippen MR) is 148 cm³/mol. The fraction of sp³-hybridized carbons (Fsp3) is 0.423. The standard InChI is InChI=1S/C26H33N5O5S2/c1-9-31-22(17(5)36-18-11-10-14(2)15(3)12-18)28-29-26(31)37-13-19(32)27-23-20(25(34)35-8)16(4)21(38-23)24(33)30(6)7/h10-12,17H,9,13H2,1-8H3,(H,27,32). The van der Waals surface area contributed by atoms with Gasteiger partial charge < -0.3 is 24.3 Å². The topological polar surface area (TPSA) is 116 Å². The van der Waals surface area contributed by atoms with Gasteiger partial charge in [0.05, 0.1) is 23.3 Å². The lowest BCUT2D eigenvalue weighted by molar-refractivity contribution is -0.113. The first-order valence-electron chi connectivity index (χ1n) is 12.0. The van der Waals surface area contributed by atoms with E-state index < -0.39 is 5.97 Å². The largest absolute Gasteiger partial charge is 0.483 e. The minimum absolute atomic E-state index is 0.0268. The number of hydrogen-bond acceptors (Lipinski definition) is 9. The van der Waals surface area contributed by atoms with Crippen LogP contribution in [0.3, 0.4) is 0 Å². The van der Waals surface area contributed by atoms with Crippen LogP contribution in [0.15, 0.2) is 23.4 Å². The Bertz CT molecular complexity index is 1350. The van der Waals surface area contributed by atoms with Gasteiger partial charge in [0.1, 0.15) is 10.8 Å². The molecule has 204 valence electrons. The maximum Gasteiger partial charge on any atom is 0.341 e. The average Bonchev–Trinajstić information content (AvgIpc) is 3.44. The molecule has 12 heteroatoms. The van der Waals surface area contributed by atoms with Gasteiger partial charge in [-0.2, -0.15) is 0 Å². The van der Waals surface area contributed by atoms with Crippen LogP contribution in [0.5, 0.6) is 5.75 Å². The number of aryl methyl sites for hydroxylation is 2. The summed E-state index contributed by atoms with van der Waals surface area (Å²) < 4.78 is 12.9. The Balaban J connectivity index is 1.73. The second-order valence-electron chi connectivity index (χ2n) is 8.88. The molecule has 0 spiro atoms. The van der Waals surface area contributed by atoms with E-state index in [9.17, 15) is 14.4 Å². The van der Waals surface area contributed by atoms with Crippen LogP contribution in [-0.4, -0.2) is 64.4 Å². The number of rotatable bonds is 10. The summed E-state index contributed by atoms with van der Waals surface area (Å²) in [5.74, 6) is 0.207. The molecule has 10 nitrogen and oxygen atoms in total. The highest BCUT2D eigenvalue weighted by Gasteiger charge is 2.27. The third-order valence-electron chi connectivity index (χ3n) is 5.94. The van der Waals surface area contributed by atoms with Crippen molar-refractivity contribution in [3.63, 3.8) is 0 Å². The fourth-order valence-corrected chi connectivity index (χ4v) is 5.74. The number of nitrogens with one attached hydrogen (secondary N) is 1. The van der Waals surface area contributed by atoms with E-state index in [2.05, 4.69) is 15.5 Å². The summed E-state index contributed by atoms with van der Waals surface area (Å²) in [5, 5.41) is 12.2. The summed E-state index contributed by atoms with van der Waals surface area (Å²) in [6.07, 6.45) is -0.350. The van der Waals surface area contributed by atoms with Crippen molar-refractivity contribution in [3.8, 4) is 5.75 Å². The van der Waals surface area contributed by atoms with E-state index >= 15 is 0 Å². The number of amides is 2. The van der Waals surface area contributed by atoms with Gasteiger partial charge in [-0.15, -0.1) is 21.5 Å². The Labute approximate surface area is 230 Å². The van der Waals surface area contributed by atoms with E-state index in [1.54, 1.807) is 21.0 Å². The number of aromatic nitrogens is 3. The summed E-state index contributed by atoms with van der Waals surface area (Å²) in [7, 11) is 4.51. The summed E-state index contributed by atoms with van der Waals surface area (Å²) in [5.41, 5.74) is 2.98. The number of methoxy groups -OCH3 is 1. The van der Waals surface area contributed by atoms with Crippen LogP contribution in [0.2, 0.25) is 0 Å². The molecule has 1 aromatic carbocycles. The first kappa shape index (κ1) is 29.2. The molecule has 3 rings (SSSR count). The maximum atomic E-state index is 12.9. The molecule has 0 bridgehead atoms. The molecule has 0 fully saturated rings. The molecule has 0 saturated carbocycles. The molecule has 1 unspecified atom stereocenters. The normalized spacial score (nSPS) is 11.7. The smallest absolute Gasteiger partial charge is 0.341 e. The summed E-state index contributed by atoms with van der Waals surface area (Å²) >= 11 is 2.28. The average molecular weight is 560 g/mol. The number of thioether (sulfide) groups is 1. The van der Waals surface area contributed by atoms with Crippen LogP contribution in [0.4, 0.5) is 5.00 Å². The Morgan fingerprint density at radius 1 is 1.16 bits per heavy atom. The molecule has 1 atom stereocenters. The van der Waals surface area contributed by atoms with Gasteiger partial charge in [0.2, 0.25) is 5.91 Å². The minimum Gasteiger partial charge on any atom is -0.483 e. The van der Waals surface area contributed by atoms with Gasteiger partial charge in [0.15, 0.2) is 17.1 Å². The Morgan fingerprint density at radius 2 is 1.87 bits per heavy atom. The Kier molecular flexibility index (Phi) is 9.55. The van der Waals surface area contributed by atoms with E-state index in [-0.39, 0.29) is 34.2 Å². The van der Waals surface area contributed by atoms with E-state index in [0.29, 0.717) is 28.0 Å². The molecule has 38 heavy (non-hydrogen) atoms. The molecule has 2 amide bonds. The molecule has 0 saturated heterocycles. The van der Waals surface area contributed by atoms with Crippen molar-refractivity contribution in [1.82, 2.24) is 19.7 Å². The zero-order chi connectivity index (χ0) is 28.1. The van der Waals surface area contributed by atoms with Crippen molar-refractivity contribution in [1.29, 1.82) is 0 Å². The van der Waals surface area contributed by atoms with Crippen molar-refractivity contribution in [3.05, 3.63) is 51.2 Å². The van der Waals surface area contributed by atoms with Crippen LogP contribution in [0, 0.1) is 20.8 Å². The molecular formula is C26H33N5O5S2.